The van der Waals surface area contributed by atoms with Crippen molar-refractivity contribution in [2.45, 2.75) is 25.7 Å². The molecule has 1 N–H and O–H groups in total. The Hall–Kier alpha value is -1.71. The van der Waals surface area contributed by atoms with Crippen LogP contribution in [0.5, 0.6) is 17.2 Å². The number of carbonyl (C=O) groups is 1. The summed E-state index contributed by atoms with van der Waals surface area (Å²) in [6, 6.07) is 3.33. The van der Waals surface area contributed by atoms with E-state index in [4.69, 9.17) is 9.47 Å². The van der Waals surface area contributed by atoms with Gasteiger partial charge in [0, 0.05) is 24.5 Å². The Morgan fingerprint density at radius 3 is 2.65 bits per heavy atom. The minimum atomic E-state index is -0.0235. The lowest BCUT2D eigenvalue weighted by Gasteiger charge is -2.14. The van der Waals surface area contributed by atoms with E-state index in [1.807, 2.05) is 6.92 Å². The molecule has 4 nitrogen and oxygen atoms in total. The van der Waals surface area contributed by atoms with Gasteiger partial charge in [0.05, 0.1) is 13.2 Å². The zero-order chi connectivity index (χ0) is 12.3. The Morgan fingerprint density at radius 1 is 1.35 bits per heavy atom. The summed E-state index contributed by atoms with van der Waals surface area (Å²) in [5, 5.41) is 9.90. The first kappa shape index (κ1) is 11.8. The first-order valence-corrected chi connectivity index (χ1v) is 5.78. The Labute approximate surface area is 100 Å². The van der Waals surface area contributed by atoms with E-state index in [0.717, 1.165) is 18.3 Å². The lowest BCUT2D eigenvalue weighted by atomic mass is 9.97. The number of aldehydes is 1. The third kappa shape index (κ3) is 2.52. The standard InChI is InChI=1S/C13H16O4/c1-9(3-4-14)10-7-12-13(8-11(10)15)17-6-2-5-16-12/h4,7-9,15H,2-3,5-6H2,1H3. The van der Waals surface area contributed by atoms with Crippen LogP contribution >= 0.6 is 0 Å². The van der Waals surface area contributed by atoms with Gasteiger partial charge in [0.25, 0.3) is 0 Å². The van der Waals surface area contributed by atoms with Crippen LogP contribution in [0.1, 0.15) is 31.2 Å². The number of hydrogen-bond donors (Lipinski definition) is 1. The zero-order valence-corrected chi connectivity index (χ0v) is 9.81. The highest BCUT2D eigenvalue weighted by Crippen LogP contribution is 2.39. The van der Waals surface area contributed by atoms with Gasteiger partial charge in [-0.3, -0.25) is 0 Å². The second-order valence-electron chi connectivity index (χ2n) is 4.21. The van der Waals surface area contributed by atoms with E-state index in [2.05, 4.69) is 0 Å². The summed E-state index contributed by atoms with van der Waals surface area (Å²) in [5.41, 5.74) is 0.723. The summed E-state index contributed by atoms with van der Waals surface area (Å²) >= 11 is 0. The molecule has 4 heteroatoms. The molecule has 1 heterocycles. The van der Waals surface area contributed by atoms with Crippen molar-refractivity contribution < 1.29 is 19.4 Å². The minimum Gasteiger partial charge on any atom is -0.508 e. The third-order valence-electron chi connectivity index (χ3n) is 2.88. The summed E-state index contributed by atoms with van der Waals surface area (Å²) in [4.78, 5) is 10.5. The average molecular weight is 236 g/mol. The number of carbonyl (C=O) groups excluding carboxylic acids is 1. The number of rotatable bonds is 3. The largest absolute Gasteiger partial charge is 0.508 e. The van der Waals surface area contributed by atoms with Crippen LogP contribution in [0.2, 0.25) is 0 Å². The van der Waals surface area contributed by atoms with E-state index >= 15 is 0 Å². The van der Waals surface area contributed by atoms with Crippen LogP contribution in [-0.2, 0) is 4.79 Å². The van der Waals surface area contributed by atoms with Crippen LogP contribution < -0.4 is 9.47 Å². The Bertz CT molecular complexity index is 414. The first-order chi connectivity index (χ1) is 8.22. The fraction of sp³-hybridized carbons (Fsp3) is 0.462. The van der Waals surface area contributed by atoms with Crippen molar-refractivity contribution in [3.63, 3.8) is 0 Å². The summed E-state index contributed by atoms with van der Waals surface area (Å²) in [6.45, 7) is 3.10. The smallest absolute Gasteiger partial charge is 0.164 e. The third-order valence-corrected chi connectivity index (χ3v) is 2.88. The lowest BCUT2D eigenvalue weighted by Crippen LogP contribution is -1.98. The van der Waals surface area contributed by atoms with Crippen LogP contribution in [0, 0.1) is 0 Å². The molecule has 0 spiro atoms. The summed E-state index contributed by atoms with van der Waals surface area (Å²) in [7, 11) is 0. The number of aromatic hydroxyl groups is 1. The van der Waals surface area contributed by atoms with Crippen LogP contribution in [0.4, 0.5) is 0 Å². The van der Waals surface area contributed by atoms with Gasteiger partial charge in [-0.25, -0.2) is 0 Å². The van der Waals surface area contributed by atoms with Crippen LogP contribution in [0.3, 0.4) is 0 Å². The topological polar surface area (TPSA) is 55.8 Å². The molecule has 2 rings (SSSR count). The van der Waals surface area contributed by atoms with E-state index in [0.29, 0.717) is 31.1 Å². The fourth-order valence-corrected chi connectivity index (χ4v) is 1.88. The predicted molar refractivity (Wildman–Crippen MR) is 62.8 cm³/mol. The molecule has 1 unspecified atom stereocenters. The maximum Gasteiger partial charge on any atom is 0.164 e. The fourth-order valence-electron chi connectivity index (χ4n) is 1.88. The predicted octanol–water partition coefficient (Wildman–Crippen LogP) is 2.25. The van der Waals surface area contributed by atoms with E-state index in [1.165, 1.54) is 0 Å². The average Bonchev–Trinajstić information content (AvgIpc) is 2.52. The number of phenolic OH excluding ortho intramolecular Hbond substituents is 1. The van der Waals surface area contributed by atoms with Gasteiger partial charge in [-0.05, 0) is 12.0 Å². The number of fused-ring (bicyclic) bond motifs is 1. The highest BCUT2D eigenvalue weighted by atomic mass is 16.5. The molecule has 0 fully saturated rings. The Morgan fingerprint density at radius 2 is 2.00 bits per heavy atom. The van der Waals surface area contributed by atoms with Crippen LogP contribution in [-0.4, -0.2) is 24.6 Å². The van der Waals surface area contributed by atoms with Crippen molar-refractivity contribution in [3.05, 3.63) is 17.7 Å². The van der Waals surface area contributed by atoms with E-state index < -0.39 is 0 Å². The lowest BCUT2D eigenvalue weighted by molar-refractivity contribution is -0.108. The molecule has 1 aliphatic rings. The molecule has 1 aromatic carbocycles. The molecule has 1 aromatic rings. The van der Waals surface area contributed by atoms with E-state index in [-0.39, 0.29) is 11.7 Å². The Balaban J connectivity index is 2.34. The molecular formula is C13H16O4. The molecule has 0 aliphatic carbocycles. The monoisotopic (exact) mass is 236 g/mol. The van der Waals surface area contributed by atoms with Crippen molar-refractivity contribution in [2.75, 3.05) is 13.2 Å². The molecule has 1 aliphatic heterocycles. The Kier molecular flexibility index (Phi) is 3.52. The number of phenols is 1. The van der Waals surface area contributed by atoms with Gasteiger partial charge in [0.2, 0.25) is 0 Å². The van der Waals surface area contributed by atoms with Crippen molar-refractivity contribution in [1.29, 1.82) is 0 Å². The molecule has 92 valence electrons. The molecular weight excluding hydrogens is 220 g/mol. The summed E-state index contributed by atoms with van der Waals surface area (Å²) < 4.78 is 11.0. The quantitative estimate of drug-likeness (QED) is 0.818. The van der Waals surface area contributed by atoms with Gasteiger partial charge in [0.1, 0.15) is 12.0 Å². The molecule has 1 atom stereocenters. The minimum absolute atomic E-state index is 0.0235. The van der Waals surface area contributed by atoms with Crippen LogP contribution in [0.25, 0.3) is 0 Å². The highest BCUT2D eigenvalue weighted by Gasteiger charge is 2.17. The second kappa shape index (κ2) is 5.08. The molecule has 0 bridgehead atoms. The summed E-state index contributed by atoms with van der Waals surface area (Å²) in [6.07, 6.45) is 2.06. The zero-order valence-electron chi connectivity index (χ0n) is 9.81. The van der Waals surface area contributed by atoms with Gasteiger partial charge in [0.15, 0.2) is 11.5 Å². The number of ether oxygens (including phenoxy) is 2. The van der Waals surface area contributed by atoms with Gasteiger partial charge in [-0.1, -0.05) is 6.92 Å². The summed E-state index contributed by atoms with van der Waals surface area (Å²) in [5.74, 6) is 1.35. The van der Waals surface area contributed by atoms with Crippen LogP contribution in [0.15, 0.2) is 12.1 Å². The highest BCUT2D eigenvalue weighted by molar-refractivity contribution is 5.56. The second-order valence-corrected chi connectivity index (χ2v) is 4.21. The van der Waals surface area contributed by atoms with E-state index in [1.54, 1.807) is 12.1 Å². The van der Waals surface area contributed by atoms with Gasteiger partial charge in [-0.2, -0.15) is 0 Å². The van der Waals surface area contributed by atoms with Crippen molar-refractivity contribution in [1.82, 2.24) is 0 Å². The first-order valence-electron chi connectivity index (χ1n) is 5.78. The molecule has 0 saturated carbocycles. The van der Waals surface area contributed by atoms with Crippen molar-refractivity contribution in [2.24, 2.45) is 0 Å². The van der Waals surface area contributed by atoms with Crippen molar-refractivity contribution in [3.8, 4) is 17.2 Å². The number of hydrogen-bond acceptors (Lipinski definition) is 4. The molecule has 17 heavy (non-hydrogen) atoms. The number of benzene rings is 1. The maximum absolute atomic E-state index is 10.5. The van der Waals surface area contributed by atoms with Gasteiger partial charge in [-0.15, -0.1) is 0 Å². The molecule has 0 saturated heterocycles. The van der Waals surface area contributed by atoms with Gasteiger partial charge < -0.3 is 19.4 Å². The van der Waals surface area contributed by atoms with Gasteiger partial charge >= 0.3 is 0 Å². The molecule has 0 amide bonds. The normalized spacial score (nSPS) is 16.1. The molecule has 0 radical (unpaired) electrons. The molecule has 0 aromatic heterocycles. The maximum atomic E-state index is 10.5. The van der Waals surface area contributed by atoms with Crippen molar-refractivity contribution >= 4 is 6.29 Å². The SMILES string of the molecule is CC(CC=O)c1cc2c(cc1O)OCCCO2. The van der Waals surface area contributed by atoms with E-state index in [9.17, 15) is 9.90 Å².